The van der Waals surface area contributed by atoms with Crippen molar-refractivity contribution >= 4 is 17.3 Å². The van der Waals surface area contributed by atoms with Crippen LogP contribution in [0.5, 0.6) is 5.75 Å². The largest absolute Gasteiger partial charge is 0.496 e. The van der Waals surface area contributed by atoms with Crippen LogP contribution in [0.25, 0.3) is 0 Å². The van der Waals surface area contributed by atoms with Gasteiger partial charge in [-0.15, -0.1) is 0 Å². The van der Waals surface area contributed by atoms with E-state index in [1.807, 2.05) is 77.7 Å². The molecular formula is C28H27N5O4. The summed E-state index contributed by atoms with van der Waals surface area (Å²) in [6.07, 6.45) is -0.429. The zero-order valence-corrected chi connectivity index (χ0v) is 20.8. The molecule has 4 aromatic rings. The third kappa shape index (κ3) is 4.51. The Balaban J connectivity index is 1.55. The van der Waals surface area contributed by atoms with Crippen LogP contribution in [-0.2, 0) is 13.1 Å². The molecule has 0 saturated carbocycles. The fourth-order valence-electron chi connectivity index (χ4n) is 4.86. The molecule has 1 aliphatic heterocycles. The van der Waals surface area contributed by atoms with E-state index in [-0.39, 0.29) is 18.1 Å². The normalized spacial score (nSPS) is 14.7. The molecule has 0 bridgehead atoms. The summed E-state index contributed by atoms with van der Waals surface area (Å²) in [5.74, 6) is 0.575. The Morgan fingerprint density at radius 1 is 1.03 bits per heavy atom. The number of rotatable bonds is 7. The van der Waals surface area contributed by atoms with E-state index in [0.29, 0.717) is 29.2 Å². The van der Waals surface area contributed by atoms with Gasteiger partial charge in [-0.1, -0.05) is 48.5 Å². The first-order valence-electron chi connectivity index (χ1n) is 11.9. The Labute approximate surface area is 214 Å². The highest BCUT2D eigenvalue weighted by atomic mass is 16.6. The number of aromatic nitrogens is 2. The van der Waals surface area contributed by atoms with Crippen LogP contribution in [0.4, 0.5) is 11.4 Å². The smallest absolute Gasteiger partial charge is 0.312 e. The van der Waals surface area contributed by atoms with Crippen molar-refractivity contribution in [3.8, 4) is 5.75 Å². The lowest BCUT2D eigenvalue weighted by Crippen LogP contribution is -2.42. The molecule has 0 fully saturated rings. The molecule has 3 aromatic carbocycles. The number of nitrogens with one attached hydrogen (secondary N) is 1. The molecule has 9 nitrogen and oxygen atoms in total. The van der Waals surface area contributed by atoms with Gasteiger partial charge >= 0.3 is 5.69 Å². The second kappa shape index (κ2) is 9.77. The molecule has 1 N–H and O–H groups in total. The number of anilines is 1. The lowest BCUT2D eigenvalue weighted by molar-refractivity contribution is -0.386. The Hall–Kier alpha value is -4.66. The number of carbonyl (C=O) groups excluding carboxylic acids is 1. The van der Waals surface area contributed by atoms with Gasteiger partial charge in [0.15, 0.2) is 0 Å². The molecule has 0 radical (unpaired) electrons. The average Bonchev–Trinajstić information content (AvgIpc) is 3.18. The van der Waals surface area contributed by atoms with Crippen LogP contribution in [0.1, 0.15) is 44.6 Å². The number of hydrogen-bond donors (Lipinski definition) is 1. The van der Waals surface area contributed by atoms with Gasteiger partial charge in [0.1, 0.15) is 23.3 Å². The van der Waals surface area contributed by atoms with Crippen LogP contribution in [0, 0.1) is 24.0 Å². The number of methoxy groups -OCH3 is 1. The quantitative estimate of drug-likeness (QED) is 0.277. The minimum atomic E-state index is -0.429. The summed E-state index contributed by atoms with van der Waals surface area (Å²) in [5, 5.41) is 19.4. The highest BCUT2D eigenvalue weighted by Crippen LogP contribution is 2.36. The van der Waals surface area contributed by atoms with Gasteiger partial charge in [-0.25, -0.2) is 0 Å². The number of hydrogen-bond acceptors (Lipinski definition) is 6. The van der Waals surface area contributed by atoms with E-state index in [1.165, 1.54) is 0 Å². The van der Waals surface area contributed by atoms with E-state index in [2.05, 4.69) is 10.4 Å². The number of fused-ring (bicyclic) bond motifs is 1. The molecule has 9 heteroatoms. The van der Waals surface area contributed by atoms with E-state index >= 15 is 0 Å². The number of carbonyl (C=O) groups is 1. The third-order valence-electron chi connectivity index (χ3n) is 6.68. The van der Waals surface area contributed by atoms with Crippen molar-refractivity contribution in [3.63, 3.8) is 0 Å². The van der Waals surface area contributed by atoms with Crippen LogP contribution in [0.3, 0.4) is 0 Å². The van der Waals surface area contributed by atoms with Crippen LogP contribution in [-0.4, -0.2) is 32.6 Å². The molecular weight excluding hydrogens is 470 g/mol. The van der Waals surface area contributed by atoms with Gasteiger partial charge in [-0.3, -0.25) is 19.6 Å². The summed E-state index contributed by atoms with van der Waals surface area (Å²) < 4.78 is 7.22. The van der Waals surface area contributed by atoms with Crippen molar-refractivity contribution in [2.45, 2.75) is 33.1 Å². The van der Waals surface area contributed by atoms with E-state index in [0.717, 1.165) is 22.4 Å². The number of aryl methyl sites for hydroxylation is 1. The van der Waals surface area contributed by atoms with E-state index in [4.69, 9.17) is 4.74 Å². The van der Waals surface area contributed by atoms with Gasteiger partial charge < -0.3 is 15.0 Å². The second-order valence-corrected chi connectivity index (χ2v) is 9.02. The van der Waals surface area contributed by atoms with Crippen LogP contribution >= 0.6 is 0 Å². The molecule has 5 rings (SSSR count). The Morgan fingerprint density at radius 3 is 2.46 bits per heavy atom. The maximum absolute atomic E-state index is 13.6. The Morgan fingerprint density at radius 2 is 1.76 bits per heavy atom. The summed E-state index contributed by atoms with van der Waals surface area (Å²) in [7, 11) is 1.59. The zero-order valence-electron chi connectivity index (χ0n) is 20.8. The lowest BCUT2D eigenvalue weighted by atomic mass is 10.0. The summed E-state index contributed by atoms with van der Waals surface area (Å²) in [5.41, 5.74) is 4.93. The lowest BCUT2D eigenvalue weighted by Gasteiger charge is -2.38. The van der Waals surface area contributed by atoms with E-state index in [9.17, 15) is 14.9 Å². The molecule has 1 atom stereocenters. The Kier molecular flexibility index (Phi) is 6.35. The molecule has 37 heavy (non-hydrogen) atoms. The minimum Gasteiger partial charge on any atom is -0.496 e. The molecule has 0 spiro atoms. The average molecular weight is 498 g/mol. The van der Waals surface area contributed by atoms with Crippen molar-refractivity contribution in [2.24, 2.45) is 0 Å². The van der Waals surface area contributed by atoms with Crippen LogP contribution in [0.15, 0.2) is 72.8 Å². The maximum Gasteiger partial charge on any atom is 0.312 e. The first kappa shape index (κ1) is 24.1. The van der Waals surface area contributed by atoms with Gasteiger partial charge in [-0.05, 0) is 49.2 Å². The molecule has 0 saturated heterocycles. The fraction of sp³-hybridized carbons (Fsp3) is 0.214. The van der Waals surface area contributed by atoms with Crippen LogP contribution < -0.4 is 10.1 Å². The first-order chi connectivity index (χ1) is 17.9. The number of ether oxygens (including phenoxy) is 1. The molecule has 0 aliphatic carbocycles. The van der Waals surface area contributed by atoms with Crippen molar-refractivity contribution in [1.29, 1.82) is 0 Å². The topological polar surface area (TPSA) is 103 Å². The van der Waals surface area contributed by atoms with Gasteiger partial charge in [0.2, 0.25) is 0 Å². The molecule has 1 aliphatic rings. The highest BCUT2D eigenvalue weighted by molar-refractivity contribution is 6.01. The molecule has 1 amide bonds. The fourth-order valence-corrected chi connectivity index (χ4v) is 4.86. The maximum atomic E-state index is 13.6. The summed E-state index contributed by atoms with van der Waals surface area (Å²) in [6, 6.07) is 23.1. The standard InChI is InChI=1S/C28H27N5O4/c1-18-26(33(35)36)19(2)32(30-18)17-22-15-21(13-14-25(22)37-3)27-29-24-12-8-7-11-23(24)28(34)31(27)16-20-9-5-4-6-10-20/h4-15,27,29H,16-17H2,1-3H3/t27-/m0/s1. The summed E-state index contributed by atoms with van der Waals surface area (Å²) >= 11 is 0. The van der Waals surface area contributed by atoms with Gasteiger partial charge in [0.05, 0.1) is 24.1 Å². The molecule has 1 aromatic heterocycles. The van der Waals surface area contributed by atoms with Gasteiger partial charge in [-0.2, -0.15) is 5.10 Å². The summed E-state index contributed by atoms with van der Waals surface area (Å²) in [6.45, 7) is 4.03. The monoisotopic (exact) mass is 497 g/mol. The second-order valence-electron chi connectivity index (χ2n) is 9.02. The minimum absolute atomic E-state index is 0.0142. The number of amides is 1. The Bertz CT molecular complexity index is 1480. The predicted octanol–water partition coefficient (Wildman–Crippen LogP) is 5.23. The van der Waals surface area contributed by atoms with Crippen molar-refractivity contribution in [1.82, 2.24) is 14.7 Å². The first-order valence-corrected chi connectivity index (χ1v) is 11.9. The third-order valence-corrected chi connectivity index (χ3v) is 6.68. The number of nitrogens with zero attached hydrogens (tertiary/aromatic N) is 4. The highest BCUT2D eigenvalue weighted by Gasteiger charge is 2.33. The SMILES string of the molecule is COc1ccc([C@H]2Nc3ccccc3C(=O)N2Cc2ccccc2)cc1Cn1nc(C)c([N+](=O)[O-])c1C. The van der Waals surface area contributed by atoms with Crippen molar-refractivity contribution < 1.29 is 14.5 Å². The van der Waals surface area contributed by atoms with Crippen LogP contribution in [0.2, 0.25) is 0 Å². The molecule has 188 valence electrons. The number of nitro groups is 1. The van der Waals surface area contributed by atoms with Gasteiger partial charge in [0, 0.05) is 17.8 Å². The van der Waals surface area contributed by atoms with Crippen molar-refractivity contribution in [3.05, 3.63) is 117 Å². The molecule has 2 heterocycles. The summed E-state index contributed by atoms with van der Waals surface area (Å²) in [4.78, 5) is 26.5. The molecule has 0 unspecified atom stereocenters. The van der Waals surface area contributed by atoms with E-state index in [1.54, 1.807) is 25.6 Å². The number of para-hydroxylation sites is 1. The van der Waals surface area contributed by atoms with E-state index < -0.39 is 11.1 Å². The predicted molar refractivity (Wildman–Crippen MR) is 140 cm³/mol. The zero-order chi connectivity index (χ0) is 26.1. The van der Waals surface area contributed by atoms with Gasteiger partial charge in [0.25, 0.3) is 5.91 Å². The van der Waals surface area contributed by atoms with Crippen molar-refractivity contribution in [2.75, 3.05) is 12.4 Å². The number of benzene rings is 3.